The summed E-state index contributed by atoms with van der Waals surface area (Å²) < 4.78 is 15.3. The van der Waals surface area contributed by atoms with E-state index in [1.807, 2.05) is 13.0 Å². The standard InChI is InChI=1S/C17H22O5/c1-12-7-6-8-14(11-12)16(18)20-13(2)21-17(19)22-15-9-4-3-5-10-15/h6-8,11,13,15H,3-5,9-10H2,1-2H3. The highest BCUT2D eigenvalue weighted by atomic mass is 16.8. The number of esters is 1. The van der Waals surface area contributed by atoms with Crippen LogP contribution in [0.3, 0.4) is 0 Å². The van der Waals surface area contributed by atoms with Crippen LogP contribution in [-0.4, -0.2) is 24.5 Å². The Morgan fingerprint density at radius 1 is 1.14 bits per heavy atom. The van der Waals surface area contributed by atoms with Crippen molar-refractivity contribution in [1.29, 1.82) is 0 Å². The van der Waals surface area contributed by atoms with Crippen LogP contribution in [-0.2, 0) is 14.2 Å². The van der Waals surface area contributed by atoms with E-state index in [-0.39, 0.29) is 6.10 Å². The third-order valence-electron chi connectivity index (χ3n) is 3.60. The number of ether oxygens (including phenoxy) is 3. The predicted octanol–water partition coefficient (Wildman–Crippen LogP) is 3.98. The van der Waals surface area contributed by atoms with E-state index in [1.54, 1.807) is 18.2 Å². The first-order valence-corrected chi connectivity index (χ1v) is 7.69. The molecule has 5 heteroatoms. The predicted molar refractivity (Wildman–Crippen MR) is 80.5 cm³/mol. The molecular formula is C17H22O5. The average Bonchev–Trinajstić information content (AvgIpc) is 2.47. The molecule has 0 amide bonds. The number of carbonyl (C=O) groups excluding carboxylic acids is 2. The molecule has 0 spiro atoms. The van der Waals surface area contributed by atoms with E-state index >= 15 is 0 Å². The molecule has 120 valence electrons. The molecule has 0 heterocycles. The van der Waals surface area contributed by atoms with Crippen molar-refractivity contribution in [1.82, 2.24) is 0 Å². The molecule has 22 heavy (non-hydrogen) atoms. The Hall–Kier alpha value is -2.04. The normalized spacial score (nSPS) is 16.6. The van der Waals surface area contributed by atoms with E-state index in [4.69, 9.17) is 14.2 Å². The smallest absolute Gasteiger partial charge is 0.431 e. The average molecular weight is 306 g/mol. The summed E-state index contributed by atoms with van der Waals surface area (Å²) in [5.41, 5.74) is 1.39. The summed E-state index contributed by atoms with van der Waals surface area (Å²) >= 11 is 0. The van der Waals surface area contributed by atoms with Crippen molar-refractivity contribution in [3.8, 4) is 0 Å². The fourth-order valence-electron chi connectivity index (χ4n) is 2.50. The molecule has 5 nitrogen and oxygen atoms in total. The molecule has 1 aromatic rings. The van der Waals surface area contributed by atoms with Crippen LogP contribution < -0.4 is 0 Å². The van der Waals surface area contributed by atoms with Crippen LogP contribution in [0, 0.1) is 6.92 Å². The van der Waals surface area contributed by atoms with Gasteiger partial charge in [-0.05, 0) is 44.7 Å². The van der Waals surface area contributed by atoms with Crippen LogP contribution in [0.1, 0.15) is 54.9 Å². The quantitative estimate of drug-likeness (QED) is 0.622. The third-order valence-corrected chi connectivity index (χ3v) is 3.60. The van der Waals surface area contributed by atoms with Gasteiger partial charge in [-0.1, -0.05) is 24.1 Å². The molecule has 2 rings (SSSR count). The topological polar surface area (TPSA) is 61.8 Å². The minimum Gasteiger partial charge on any atom is -0.431 e. The molecule has 1 fully saturated rings. The maximum Gasteiger partial charge on any atom is 0.511 e. The Labute approximate surface area is 130 Å². The summed E-state index contributed by atoms with van der Waals surface area (Å²) in [6.45, 7) is 3.38. The van der Waals surface area contributed by atoms with Crippen molar-refractivity contribution in [2.45, 2.75) is 58.3 Å². The van der Waals surface area contributed by atoms with E-state index in [0.29, 0.717) is 5.56 Å². The van der Waals surface area contributed by atoms with Crippen LogP contribution in [0.25, 0.3) is 0 Å². The van der Waals surface area contributed by atoms with Crippen LogP contribution in [0.4, 0.5) is 4.79 Å². The zero-order valence-electron chi connectivity index (χ0n) is 13.0. The Morgan fingerprint density at radius 2 is 1.86 bits per heavy atom. The molecule has 0 aromatic heterocycles. The second-order valence-electron chi connectivity index (χ2n) is 5.59. The summed E-state index contributed by atoms with van der Waals surface area (Å²) in [4.78, 5) is 23.6. The van der Waals surface area contributed by atoms with Gasteiger partial charge in [-0.2, -0.15) is 0 Å². The van der Waals surface area contributed by atoms with Gasteiger partial charge in [-0.25, -0.2) is 9.59 Å². The fourth-order valence-corrected chi connectivity index (χ4v) is 2.50. The first-order valence-electron chi connectivity index (χ1n) is 7.69. The summed E-state index contributed by atoms with van der Waals surface area (Å²) in [6.07, 6.45) is 3.20. The third kappa shape index (κ3) is 5.06. The van der Waals surface area contributed by atoms with E-state index in [9.17, 15) is 9.59 Å². The monoisotopic (exact) mass is 306 g/mol. The highest BCUT2D eigenvalue weighted by molar-refractivity contribution is 5.89. The Kier molecular flexibility index (Phi) is 5.81. The lowest BCUT2D eigenvalue weighted by Gasteiger charge is -2.22. The van der Waals surface area contributed by atoms with Gasteiger partial charge in [0.05, 0.1) is 5.56 Å². The lowest BCUT2D eigenvalue weighted by molar-refractivity contribution is -0.0914. The van der Waals surface area contributed by atoms with Gasteiger partial charge in [0.2, 0.25) is 6.29 Å². The number of rotatable bonds is 4. The van der Waals surface area contributed by atoms with Gasteiger partial charge in [0.25, 0.3) is 0 Å². The van der Waals surface area contributed by atoms with E-state index in [1.165, 1.54) is 13.3 Å². The zero-order valence-corrected chi connectivity index (χ0v) is 13.0. The maximum absolute atomic E-state index is 11.9. The number of benzene rings is 1. The summed E-state index contributed by atoms with van der Waals surface area (Å²) in [5.74, 6) is -0.526. The van der Waals surface area contributed by atoms with Gasteiger partial charge in [-0.3, -0.25) is 0 Å². The molecule has 0 bridgehead atoms. The van der Waals surface area contributed by atoms with E-state index in [0.717, 1.165) is 31.2 Å². The van der Waals surface area contributed by atoms with Gasteiger partial charge in [0, 0.05) is 6.92 Å². The number of aryl methyl sites for hydroxylation is 1. The van der Waals surface area contributed by atoms with Crippen LogP contribution in [0.5, 0.6) is 0 Å². The van der Waals surface area contributed by atoms with Crippen molar-refractivity contribution < 1.29 is 23.8 Å². The van der Waals surface area contributed by atoms with Crippen LogP contribution in [0.15, 0.2) is 24.3 Å². The maximum atomic E-state index is 11.9. The molecule has 1 aliphatic carbocycles. The van der Waals surface area contributed by atoms with Gasteiger partial charge in [0.15, 0.2) is 0 Å². The fraction of sp³-hybridized carbons (Fsp3) is 0.529. The van der Waals surface area contributed by atoms with Crippen molar-refractivity contribution in [3.05, 3.63) is 35.4 Å². The lowest BCUT2D eigenvalue weighted by atomic mass is 9.98. The molecule has 1 saturated carbocycles. The molecule has 0 radical (unpaired) electrons. The van der Waals surface area contributed by atoms with Crippen LogP contribution >= 0.6 is 0 Å². The number of hydrogen-bond acceptors (Lipinski definition) is 5. The Morgan fingerprint density at radius 3 is 2.55 bits per heavy atom. The molecule has 1 atom stereocenters. The molecule has 0 saturated heterocycles. The zero-order chi connectivity index (χ0) is 15.9. The van der Waals surface area contributed by atoms with Gasteiger partial charge in [-0.15, -0.1) is 0 Å². The second-order valence-corrected chi connectivity index (χ2v) is 5.59. The van der Waals surface area contributed by atoms with Crippen molar-refractivity contribution in [2.75, 3.05) is 0 Å². The van der Waals surface area contributed by atoms with Gasteiger partial charge >= 0.3 is 12.1 Å². The highest BCUT2D eigenvalue weighted by Gasteiger charge is 2.21. The summed E-state index contributed by atoms with van der Waals surface area (Å²) in [7, 11) is 0. The van der Waals surface area contributed by atoms with Crippen molar-refractivity contribution in [3.63, 3.8) is 0 Å². The molecule has 0 aliphatic heterocycles. The van der Waals surface area contributed by atoms with Gasteiger partial charge in [0.1, 0.15) is 6.10 Å². The minimum absolute atomic E-state index is 0.0825. The first kappa shape index (κ1) is 16.3. The first-order chi connectivity index (χ1) is 10.5. The van der Waals surface area contributed by atoms with Gasteiger partial charge < -0.3 is 14.2 Å². The number of carbonyl (C=O) groups is 2. The van der Waals surface area contributed by atoms with Crippen molar-refractivity contribution >= 4 is 12.1 Å². The molecule has 1 unspecified atom stereocenters. The van der Waals surface area contributed by atoms with Crippen molar-refractivity contribution in [2.24, 2.45) is 0 Å². The highest BCUT2D eigenvalue weighted by Crippen LogP contribution is 2.21. The van der Waals surface area contributed by atoms with E-state index in [2.05, 4.69) is 0 Å². The number of hydrogen-bond donors (Lipinski definition) is 0. The molecular weight excluding hydrogens is 284 g/mol. The summed E-state index contributed by atoms with van der Waals surface area (Å²) in [6, 6.07) is 7.03. The largest absolute Gasteiger partial charge is 0.511 e. The Bertz CT molecular complexity index is 520. The molecule has 1 aliphatic rings. The lowest BCUT2D eigenvalue weighted by Crippen LogP contribution is -2.26. The molecule has 1 aromatic carbocycles. The minimum atomic E-state index is -0.982. The van der Waals surface area contributed by atoms with E-state index < -0.39 is 18.4 Å². The van der Waals surface area contributed by atoms with Crippen LogP contribution in [0.2, 0.25) is 0 Å². The summed E-state index contributed by atoms with van der Waals surface area (Å²) in [5, 5.41) is 0. The SMILES string of the molecule is Cc1cccc(C(=O)OC(C)OC(=O)OC2CCCCC2)c1. The molecule has 0 N–H and O–H groups in total. The second kappa shape index (κ2) is 7.82. The Balaban J connectivity index is 1.77.